The van der Waals surface area contributed by atoms with Crippen molar-refractivity contribution in [3.63, 3.8) is 0 Å². The minimum atomic E-state index is -1.64. The average molecular weight is 266 g/mol. The first-order valence-electron chi connectivity index (χ1n) is 6.85. The van der Waals surface area contributed by atoms with Crippen LogP contribution in [0.1, 0.15) is 48.5 Å². The molecule has 0 aromatic rings. The third kappa shape index (κ3) is 2.61. The van der Waals surface area contributed by atoms with Crippen LogP contribution < -0.4 is 0 Å². The summed E-state index contributed by atoms with van der Waals surface area (Å²) in [6.45, 7) is 15.6. The molecule has 102 valence electrons. The Bertz CT molecular complexity index is 368. The average Bonchev–Trinajstić information content (AvgIpc) is 2.53. The third-order valence-corrected chi connectivity index (χ3v) is 11.1. The molecule has 0 radical (unpaired) electrons. The summed E-state index contributed by atoms with van der Waals surface area (Å²) in [6, 6.07) is 0. The summed E-state index contributed by atoms with van der Waals surface area (Å²) in [5.74, 6) is 0.584. The van der Waals surface area contributed by atoms with Gasteiger partial charge in [0.15, 0.2) is 0 Å². The third-order valence-electron chi connectivity index (χ3n) is 4.28. The Balaban J connectivity index is 3.22. The molecular weight excluding hydrogens is 240 g/mol. The summed E-state index contributed by atoms with van der Waals surface area (Å²) in [4.78, 5) is 11.5. The van der Waals surface area contributed by atoms with Crippen LogP contribution in [0.5, 0.6) is 0 Å². The van der Waals surface area contributed by atoms with E-state index in [0.717, 1.165) is 5.76 Å². The van der Waals surface area contributed by atoms with Crippen LogP contribution in [-0.4, -0.2) is 14.0 Å². The van der Waals surface area contributed by atoms with Crippen LogP contribution in [0.4, 0.5) is 0 Å². The Hall–Kier alpha value is -0.833. The number of hydrogen-bond acceptors (Lipinski definition) is 2. The fourth-order valence-electron chi connectivity index (χ4n) is 3.31. The van der Waals surface area contributed by atoms with Crippen LogP contribution in [0.2, 0.25) is 16.6 Å². The maximum atomic E-state index is 11.5. The van der Waals surface area contributed by atoms with Crippen molar-refractivity contribution in [3.8, 4) is 0 Å². The smallest absolute Gasteiger partial charge is 0.339 e. The highest BCUT2D eigenvalue weighted by Crippen LogP contribution is 2.43. The Labute approximate surface area is 112 Å². The zero-order valence-corrected chi connectivity index (χ0v) is 13.7. The molecule has 0 unspecified atom stereocenters. The van der Waals surface area contributed by atoms with Gasteiger partial charge in [0.25, 0.3) is 0 Å². The largest absolute Gasteiger partial charge is 0.424 e. The van der Waals surface area contributed by atoms with E-state index in [-0.39, 0.29) is 5.97 Å². The summed E-state index contributed by atoms with van der Waals surface area (Å²) in [5, 5.41) is 0. The first-order valence-corrected chi connectivity index (χ1v) is 9.16. The van der Waals surface area contributed by atoms with Crippen molar-refractivity contribution in [2.75, 3.05) is 0 Å². The van der Waals surface area contributed by atoms with Gasteiger partial charge in [-0.25, -0.2) is 4.79 Å². The molecule has 0 aromatic carbocycles. The van der Waals surface area contributed by atoms with Crippen LogP contribution in [0.15, 0.2) is 23.1 Å². The van der Waals surface area contributed by atoms with E-state index in [1.807, 2.05) is 13.0 Å². The lowest BCUT2D eigenvalue weighted by Gasteiger charge is -2.40. The van der Waals surface area contributed by atoms with Gasteiger partial charge in [-0.2, -0.15) is 0 Å². The Morgan fingerprint density at radius 2 is 1.50 bits per heavy atom. The minimum absolute atomic E-state index is 0.194. The molecule has 0 amide bonds. The summed E-state index contributed by atoms with van der Waals surface area (Å²) >= 11 is 0. The number of esters is 1. The molecule has 1 heterocycles. The van der Waals surface area contributed by atoms with Crippen molar-refractivity contribution in [2.45, 2.75) is 65.1 Å². The van der Waals surface area contributed by atoms with Gasteiger partial charge in [0.05, 0.1) is 8.07 Å². The number of carbonyl (C=O) groups excluding carboxylic acids is 1. The minimum Gasteiger partial charge on any atom is -0.424 e. The van der Waals surface area contributed by atoms with E-state index in [1.54, 1.807) is 0 Å². The van der Waals surface area contributed by atoms with Crippen molar-refractivity contribution < 1.29 is 9.53 Å². The van der Waals surface area contributed by atoms with E-state index >= 15 is 0 Å². The number of cyclic esters (lactones) is 1. The van der Waals surface area contributed by atoms with Gasteiger partial charge in [-0.1, -0.05) is 47.2 Å². The van der Waals surface area contributed by atoms with Crippen molar-refractivity contribution >= 4 is 14.0 Å². The van der Waals surface area contributed by atoms with E-state index in [9.17, 15) is 4.79 Å². The maximum Gasteiger partial charge on any atom is 0.339 e. The van der Waals surface area contributed by atoms with E-state index in [4.69, 9.17) is 4.74 Å². The highest BCUT2D eigenvalue weighted by molar-refractivity contribution is 6.88. The molecule has 0 bridgehead atoms. The normalized spacial score (nSPS) is 19.1. The fraction of sp³-hybridized carbons (Fsp3) is 0.667. The van der Waals surface area contributed by atoms with Crippen molar-refractivity contribution in [1.82, 2.24) is 0 Å². The van der Waals surface area contributed by atoms with Gasteiger partial charge in [0, 0.05) is 5.57 Å². The summed E-state index contributed by atoms with van der Waals surface area (Å²) in [6.07, 6.45) is 1.89. The molecule has 1 aliphatic heterocycles. The number of ether oxygens (including phenoxy) is 1. The molecule has 0 aliphatic carbocycles. The highest BCUT2D eigenvalue weighted by atomic mass is 28.3. The molecule has 18 heavy (non-hydrogen) atoms. The quantitative estimate of drug-likeness (QED) is 0.549. The molecule has 1 rings (SSSR count). The molecule has 0 saturated carbocycles. The van der Waals surface area contributed by atoms with Gasteiger partial charge in [0.1, 0.15) is 5.76 Å². The molecule has 1 aliphatic rings. The van der Waals surface area contributed by atoms with E-state index in [0.29, 0.717) is 22.2 Å². The standard InChI is InChI=1S/C15H26O2Si/c1-10(2)18(11(3)4,12(5)6)9-14-8-13(7)15(16)17-14/h8-12H,1-7H3/b14-9-. The maximum absolute atomic E-state index is 11.5. The predicted molar refractivity (Wildman–Crippen MR) is 79.0 cm³/mol. The van der Waals surface area contributed by atoms with Crippen LogP contribution in [-0.2, 0) is 9.53 Å². The predicted octanol–water partition coefficient (Wildman–Crippen LogP) is 4.59. The monoisotopic (exact) mass is 266 g/mol. The topological polar surface area (TPSA) is 26.3 Å². The number of allylic oxidation sites excluding steroid dienone is 1. The second-order valence-electron chi connectivity index (χ2n) is 6.23. The number of rotatable bonds is 4. The second-order valence-corrected chi connectivity index (χ2v) is 12.0. The Morgan fingerprint density at radius 1 is 1.06 bits per heavy atom. The lowest BCUT2D eigenvalue weighted by molar-refractivity contribution is -0.133. The van der Waals surface area contributed by atoms with Gasteiger partial charge < -0.3 is 4.74 Å². The fourth-order valence-corrected chi connectivity index (χ4v) is 8.94. The second kappa shape index (κ2) is 5.43. The molecule has 0 aromatic heterocycles. The van der Waals surface area contributed by atoms with Crippen LogP contribution in [0.25, 0.3) is 0 Å². The van der Waals surface area contributed by atoms with E-state index in [2.05, 4.69) is 47.2 Å². The number of hydrogen-bond donors (Lipinski definition) is 0. The summed E-state index contributed by atoms with van der Waals surface area (Å²) in [5.41, 5.74) is 4.93. The van der Waals surface area contributed by atoms with E-state index < -0.39 is 8.07 Å². The summed E-state index contributed by atoms with van der Waals surface area (Å²) < 4.78 is 5.34. The van der Waals surface area contributed by atoms with Crippen LogP contribution >= 0.6 is 0 Å². The zero-order chi connectivity index (χ0) is 14.1. The molecular formula is C15H26O2Si. The summed E-state index contributed by atoms with van der Waals surface area (Å²) in [7, 11) is -1.64. The lowest BCUT2D eigenvalue weighted by atomic mass is 10.3. The lowest BCUT2D eigenvalue weighted by Crippen LogP contribution is -2.43. The Kier molecular flexibility index (Phi) is 4.59. The molecule has 2 nitrogen and oxygen atoms in total. The van der Waals surface area contributed by atoms with Gasteiger partial charge in [0.2, 0.25) is 0 Å². The molecule has 0 saturated heterocycles. The van der Waals surface area contributed by atoms with Crippen molar-refractivity contribution in [3.05, 3.63) is 23.1 Å². The number of carbonyl (C=O) groups is 1. The van der Waals surface area contributed by atoms with E-state index in [1.165, 1.54) is 0 Å². The molecule has 3 heteroatoms. The first-order chi connectivity index (χ1) is 8.21. The zero-order valence-electron chi connectivity index (χ0n) is 12.7. The van der Waals surface area contributed by atoms with Gasteiger partial charge >= 0.3 is 5.97 Å². The van der Waals surface area contributed by atoms with Crippen molar-refractivity contribution in [1.29, 1.82) is 0 Å². The molecule has 0 spiro atoms. The SMILES string of the molecule is CC1=C/C(=C/[Si](C(C)C)(C(C)C)C(C)C)OC1=O. The van der Waals surface area contributed by atoms with Gasteiger partial charge in [-0.15, -0.1) is 0 Å². The van der Waals surface area contributed by atoms with Gasteiger partial charge in [-0.05, 0) is 29.6 Å². The van der Waals surface area contributed by atoms with Gasteiger partial charge in [-0.3, -0.25) is 0 Å². The first kappa shape index (κ1) is 15.2. The molecule has 0 fully saturated rings. The molecule has 0 atom stereocenters. The Morgan fingerprint density at radius 3 is 1.78 bits per heavy atom. The van der Waals surface area contributed by atoms with Crippen LogP contribution in [0, 0.1) is 0 Å². The van der Waals surface area contributed by atoms with Crippen molar-refractivity contribution in [2.24, 2.45) is 0 Å². The molecule has 0 N–H and O–H groups in total. The highest BCUT2D eigenvalue weighted by Gasteiger charge is 2.41. The van der Waals surface area contributed by atoms with Crippen LogP contribution in [0.3, 0.4) is 0 Å².